The minimum Gasteiger partial charge on any atom is -0.495 e. The normalized spacial score (nSPS) is 18.4. The van der Waals surface area contributed by atoms with Crippen LogP contribution in [0.25, 0.3) is 0 Å². The highest BCUT2D eigenvalue weighted by molar-refractivity contribution is 5.37. The number of piperidine rings is 1. The quantitative estimate of drug-likeness (QED) is 0.826. The molecular formula is C25H28NO2. The Balaban J connectivity index is 1.60. The predicted molar refractivity (Wildman–Crippen MR) is 112 cm³/mol. The van der Waals surface area contributed by atoms with Crippen LogP contribution in [-0.2, 0) is 10.3 Å². The van der Waals surface area contributed by atoms with Gasteiger partial charge >= 0.3 is 0 Å². The molecule has 1 N–H and O–H groups in total. The molecule has 0 amide bonds. The van der Waals surface area contributed by atoms with Gasteiger partial charge in [0.2, 0.25) is 0 Å². The molecule has 2 aliphatic rings. The van der Waals surface area contributed by atoms with Crippen molar-refractivity contribution >= 4 is 0 Å². The van der Waals surface area contributed by atoms with Gasteiger partial charge in [-0.15, -0.1) is 0 Å². The molecule has 1 radical (unpaired) electrons. The fourth-order valence-electron chi connectivity index (χ4n) is 4.56. The maximum atomic E-state index is 12.0. The number of rotatable bonds is 5. The van der Waals surface area contributed by atoms with Gasteiger partial charge in [0, 0.05) is 19.5 Å². The Morgan fingerprint density at radius 3 is 2.04 bits per heavy atom. The Hall–Kier alpha value is -2.52. The zero-order valence-corrected chi connectivity index (χ0v) is 16.4. The van der Waals surface area contributed by atoms with Crippen molar-refractivity contribution in [3.63, 3.8) is 0 Å². The molecule has 28 heavy (non-hydrogen) atoms. The molecule has 145 valence electrons. The Morgan fingerprint density at radius 1 is 0.929 bits per heavy atom. The van der Waals surface area contributed by atoms with Crippen LogP contribution >= 0.6 is 0 Å². The van der Waals surface area contributed by atoms with E-state index in [1.807, 2.05) is 60.7 Å². The van der Waals surface area contributed by atoms with E-state index < -0.39 is 5.60 Å². The fourth-order valence-corrected chi connectivity index (χ4v) is 4.56. The number of ether oxygens (including phenoxy) is 1. The standard InChI is InChI=1S/C25H28NO2/c1-28-24-15-9-8-14-23(24)26-18-16-22(17-19-26)25(27,20-10-4-2-5-11-20)21-12-6-3-7-13-21/h2-7,9-15,22,27H,8,16-19H2,1H3. The molecule has 4 rings (SSSR count). The summed E-state index contributed by atoms with van der Waals surface area (Å²) in [4.78, 5) is 2.40. The van der Waals surface area contributed by atoms with Crippen molar-refractivity contribution < 1.29 is 9.84 Å². The highest BCUT2D eigenvalue weighted by Gasteiger charge is 2.41. The van der Waals surface area contributed by atoms with Gasteiger partial charge in [-0.3, -0.25) is 0 Å². The van der Waals surface area contributed by atoms with Crippen molar-refractivity contribution in [2.45, 2.75) is 24.9 Å². The summed E-state index contributed by atoms with van der Waals surface area (Å²) in [5, 5.41) is 12.0. The summed E-state index contributed by atoms with van der Waals surface area (Å²) >= 11 is 0. The number of methoxy groups -OCH3 is 1. The topological polar surface area (TPSA) is 32.7 Å². The van der Waals surface area contributed by atoms with Gasteiger partial charge in [0.05, 0.1) is 12.8 Å². The largest absolute Gasteiger partial charge is 0.495 e. The van der Waals surface area contributed by atoms with Gasteiger partial charge < -0.3 is 14.7 Å². The lowest BCUT2D eigenvalue weighted by molar-refractivity contribution is -0.0103. The SMILES string of the molecule is COC1=C(N2CCC(C(O)(c3ccccc3)c3ccccc3)CC2)[CH]CC=C1. The summed E-state index contributed by atoms with van der Waals surface area (Å²) in [7, 11) is 1.73. The van der Waals surface area contributed by atoms with Crippen LogP contribution in [0.5, 0.6) is 0 Å². The number of benzene rings is 2. The highest BCUT2D eigenvalue weighted by Crippen LogP contribution is 2.42. The summed E-state index contributed by atoms with van der Waals surface area (Å²) in [6.45, 7) is 1.83. The number of hydrogen-bond donors (Lipinski definition) is 1. The molecule has 1 fully saturated rings. The zero-order valence-electron chi connectivity index (χ0n) is 16.4. The first-order valence-corrected chi connectivity index (χ1v) is 10.1. The number of aliphatic hydroxyl groups is 1. The maximum absolute atomic E-state index is 12.0. The van der Waals surface area contributed by atoms with Crippen LogP contribution in [0.15, 0.2) is 84.3 Å². The molecule has 1 aliphatic carbocycles. The Bertz CT molecular complexity index is 794. The maximum Gasteiger partial charge on any atom is 0.137 e. The van der Waals surface area contributed by atoms with Gasteiger partial charge in [0.15, 0.2) is 0 Å². The van der Waals surface area contributed by atoms with Crippen LogP contribution in [0, 0.1) is 12.3 Å². The zero-order chi connectivity index (χ0) is 19.4. The van der Waals surface area contributed by atoms with Gasteiger partial charge in [0.1, 0.15) is 11.4 Å². The molecule has 1 saturated heterocycles. The van der Waals surface area contributed by atoms with E-state index in [0.717, 1.165) is 49.2 Å². The van der Waals surface area contributed by atoms with Gasteiger partial charge in [0.25, 0.3) is 0 Å². The summed E-state index contributed by atoms with van der Waals surface area (Å²) in [6.07, 6.45) is 9.22. The van der Waals surface area contributed by atoms with E-state index in [9.17, 15) is 5.11 Å². The van der Waals surface area contributed by atoms with Crippen molar-refractivity contribution in [1.29, 1.82) is 0 Å². The second-order valence-corrected chi connectivity index (χ2v) is 7.56. The van der Waals surface area contributed by atoms with Gasteiger partial charge in [-0.1, -0.05) is 66.7 Å². The Labute approximate surface area is 168 Å². The van der Waals surface area contributed by atoms with Crippen LogP contribution in [0.4, 0.5) is 0 Å². The molecule has 0 unspecified atom stereocenters. The molecule has 0 aromatic heterocycles. The second-order valence-electron chi connectivity index (χ2n) is 7.56. The minimum atomic E-state index is -0.969. The first-order chi connectivity index (χ1) is 13.7. The molecule has 1 heterocycles. The van der Waals surface area contributed by atoms with Gasteiger partial charge in [-0.25, -0.2) is 0 Å². The molecule has 1 aliphatic heterocycles. The second kappa shape index (κ2) is 8.24. The van der Waals surface area contributed by atoms with E-state index in [0.29, 0.717) is 0 Å². The lowest BCUT2D eigenvalue weighted by Gasteiger charge is -2.43. The average Bonchev–Trinajstić information content (AvgIpc) is 2.80. The first kappa shape index (κ1) is 18.8. The molecule has 2 aromatic rings. The van der Waals surface area contributed by atoms with E-state index in [1.165, 1.54) is 5.70 Å². The fraction of sp³-hybridized carbons (Fsp3) is 0.320. The average molecular weight is 375 g/mol. The molecule has 3 heteroatoms. The van der Waals surface area contributed by atoms with E-state index >= 15 is 0 Å². The van der Waals surface area contributed by atoms with Crippen molar-refractivity contribution in [1.82, 2.24) is 4.90 Å². The summed E-state index contributed by atoms with van der Waals surface area (Å²) in [5.41, 5.74) is 2.17. The van der Waals surface area contributed by atoms with Gasteiger partial charge in [-0.2, -0.15) is 0 Å². The van der Waals surface area contributed by atoms with Crippen molar-refractivity contribution in [3.8, 4) is 0 Å². The van der Waals surface area contributed by atoms with E-state index in [-0.39, 0.29) is 5.92 Å². The third kappa shape index (κ3) is 3.47. The van der Waals surface area contributed by atoms with Crippen molar-refractivity contribution in [3.05, 3.63) is 102 Å². The third-order valence-electron chi connectivity index (χ3n) is 6.04. The monoisotopic (exact) mass is 374 g/mol. The third-order valence-corrected chi connectivity index (χ3v) is 6.04. The summed E-state index contributed by atoms with van der Waals surface area (Å²) in [6, 6.07) is 20.2. The van der Waals surface area contributed by atoms with Crippen LogP contribution in [0.3, 0.4) is 0 Å². The van der Waals surface area contributed by atoms with Gasteiger partial charge in [-0.05, 0) is 42.4 Å². The molecule has 0 bridgehead atoms. The number of allylic oxidation sites excluding steroid dienone is 3. The molecule has 0 spiro atoms. The Kier molecular flexibility index (Phi) is 5.54. The van der Waals surface area contributed by atoms with Crippen molar-refractivity contribution in [2.24, 2.45) is 5.92 Å². The van der Waals surface area contributed by atoms with Crippen molar-refractivity contribution in [2.75, 3.05) is 20.2 Å². The number of nitrogens with zero attached hydrogens (tertiary/aromatic N) is 1. The van der Waals surface area contributed by atoms with E-state index in [1.54, 1.807) is 7.11 Å². The highest BCUT2D eigenvalue weighted by atomic mass is 16.5. The first-order valence-electron chi connectivity index (χ1n) is 10.1. The van der Waals surface area contributed by atoms with Crippen LogP contribution < -0.4 is 0 Å². The minimum absolute atomic E-state index is 0.166. The predicted octanol–water partition coefficient (Wildman–Crippen LogP) is 4.66. The van der Waals surface area contributed by atoms with E-state index in [2.05, 4.69) is 23.5 Å². The molecular weight excluding hydrogens is 346 g/mol. The van der Waals surface area contributed by atoms with Crippen LogP contribution in [0.1, 0.15) is 30.4 Å². The lowest BCUT2D eigenvalue weighted by atomic mass is 9.72. The number of hydrogen-bond acceptors (Lipinski definition) is 3. The van der Waals surface area contributed by atoms with E-state index in [4.69, 9.17) is 4.74 Å². The summed E-state index contributed by atoms with van der Waals surface area (Å²) in [5.74, 6) is 1.10. The molecule has 0 atom stereocenters. The van der Waals surface area contributed by atoms with Crippen LogP contribution in [0.2, 0.25) is 0 Å². The lowest BCUT2D eigenvalue weighted by Crippen LogP contribution is -2.44. The molecule has 2 aromatic carbocycles. The molecule has 3 nitrogen and oxygen atoms in total. The van der Waals surface area contributed by atoms with Crippen LogP contribution in [-0.4, -0.2) is 30.2 Å². The number of likely N-dealkylation sites (tertiary alicyclic amines) is 1. The summed E-state index contributed by atoms with van der Waals surface area (Å²) < 4.78 is 5.56. The Morgan fingerprint density at radius 2 is 1.50 bits per heavy atom. The smallest absolute Gasteiger partial charge is 0.137 e. The molecule has 0 saturated carbocycles.